The smallest absolute Gasteiger partial charge is 0.384 e. The number of nitrogens with one attached hydrogen (secondary N) is 1. The molecular formula is C25H37Cl2F3N5O2+. The van der Waals surface area contributed by atoms with Gasteiger partial charge in [0.1, 0.15) is 18.4 Å². The maximum absolute atomic E-state index is 14.4. The number of nitrogens with two attached hydrogens (primary N) is 3. The van der Waals surface area contributed by atoms with Gasteiger partial charge in [0.25, 0.3) is 5.91 Å². The van der Waals surface area contributed by atoms with Crippen molar-refractivity contribution >= 4 is 42.5 Å². The van der Waals surface area contributed by atoms with Gasteiger partial charge in [-0.2, -0.15) is 13.2 Å². The molecule has 12 heteroatoms. The number of nitrogens with zero attached hydrogens (tertiary/aromatic N) is 1. The number of carbonyl (C=O) groups is 2. The molecule has 2 saturated carbocycles. The summed E-state index contributed by atoms with van der Waals surface area (Å²) in [6.45, 7) is 0.245. The van der Waals surface area contributed by atoms with Gasteiger partial charge in [0.2, 0.25) is 0 Å². The number of piperidine rings is 1. The molecule has 1 aromatic carbocycles. The minimum absolute atomic E-state index is 0. The van der Waals surface area contributed by atoms with Crippen molar-refractivity contribution in [3.05, 3.63) is 35.4 Å². The number of carbonyl (C=O) groups excluding carboxylic acids is 2. The first kappa shape index (κ1) is 31.3. The Kier molecular flexibility index (Phi) is 9.72. The summed E-state index contributed by atoms with van der Waals surface area (Å²) in [4.78, 5) is 27.0. The van der Waals surface area contributed by atoms with Crippen LogP contribution >= 0.6 is 24.8 Å². The minimum Gasteiger partial charge on any atom is -0.384 e. The van der Waals surface area contributed by atoms with Gasteiger partial charge in [-0.05, 0) is 31.6 Å². The number of amides is 2. The van der Waals surface area contributed by atoms with Crippen LogP contribution in [0.4, 0.5) is 13.2 Å². The summed E-state index contributed by atoms with van der Waals surface area (Å²) in [5.41, 5.74) is 17.6. The highest BCUT2D eigenvalue weighted by atomic mass is 35.5. The molecule has 1 saturated heterocycles. The fourth-order valence-corrected chi connectivity index (χ4v) is 6.90. The molecule has 1 unspecified atom stereocenters. The van der Waals surface area contributed by atoms with E-state index in [0.717, 1.165) is 6.42 Å². The van der Waals surface area contributed by atoms with Gasteiger partial charge in [-0.3, -0.25) is 10.2 Å². The lowest BCUT2D eigenvalue weighted by Gasteiger charge is -2.47. The van der Waals surface area contributed by atoms with Gasteiger partial charge in [-0.1, -0.05) is 43.5 Å². The molecule has 37 heavy (non-hydrogen) atoms. The Balaban J connectivity index is 0.00000241. The van der Waals surface area contributed by atoms with Gasteiger partial charge in [-0.15, -0.1) is 24.8 Å². The fraction of sp³-hybridized carbons (Fsp3) is 0.640. The molecule has 2 amide bonds. The average molecular weight is 568 g/mol. The van der Waals surface area contributed by atoms with Crippen molar-refractivity contribution in [3.8, 4) is 0 Å². The number of rotatable bonds is 7. The van der Waals surface area contributed by atoms with Crippen LogP contribution in [0.5, 0.6) is 0 Å². The molecule has 7 nitrogen and oxygen atoms in total. The number of benzene rings is 1. The molecule has 3 fully saturated rings. The first-order valence-electron chi connectivity index (χ1n) is 12.4. The maximum atomic E-state index is 14.4. The summed E-state index contributed by atoms with van der Waals surface area (Å²) in [5, 5.41) is 7.59. The molecule has 3 aliphatic rings. The van der Waals surface area contributed by atoms with Gasteiger partial charge >= 0.3 is 12.1 Å². The zero-order chi connectivity index (χ0) is 25.6. The van der Waals surface area contributed by atoms with Crippen molar-refractivity contribution < 1.29 is 27.2 Å². The Bertz CT molecular complexity index is 1000. The van der Waals surface area contributed by atoms with Gasteiger partial charge in [-0.25, -0.2) is 9.28 Å². The first-order valence-corrected chi connectivity index (χ1v) is 12.4. The molecule has 0 bridgehead atoms. The van der Waals surface area contributed by atoms with Crippen LogP contribution in [0.15, 0.2) is 24.3 Å². The Labute approximate surface area is 227 Å². The van der Waals surface area contributed by atoms with E-state index in [0.29, 0.717) is 56.1 Å². The van der Waals surface area contributed by atoms with E-state index in [9.17, 15) is 22.8 Å². The predicted molar refractivity (Wildman–Crippen MR) is 139 cm³/mol. The number of nitrogen functional groups attached to an aromatic ring is 1. The topological polar surface area (TPSA) is 136 Å². The second-order valence-corrected chi connectivity index (χ2v) is 10.6. The monoisotopic (exact) mass is 566 g/mol. The van der Waals surface area contributed by atoms with E-state index >= 15 is 0 Å². The Morgan fingerprint density at radius 2 is 1.62 bits per heavy atom. The molecule has 0 aromatic heterocycles. The number of amidine groups is 1. The van der Waals surface area contributed by atoms with E-state index in [2.05, 4.69) is 0 Å². The maximum Gasteiger partial charge on any atom is 0.394 e. The van der Waals surface area contributed by atoms with Crippen molar-refractivity contribution in [1.82, 2.24) is 0 Å². The SMILES string of the molecule is Cl.Cl.N=C(N)c1ccc(C[N+]2(C(=O)[C@H](N)[C@H](C3CCCCC3)C(F)(F)F)CCC[C@@H]3C[C@@]32C(N)=O)cc1. The van der Waals surface area contributed by atoms with Crippen LogP contribution in [-0.4, -0.2) is 46.4 Å². The number of alkyl halides is 3. The quantitative estimate of drug-likeness (QED) is 0.227. The largest absolute Gasteiger partial charge is 0.394 e. The van der Waals surface area contributed by atoms with E-state index in [1.54, 1.807) is 24.3 Å². The summed E-state index contributed by atoms with van der Waals surface area (Å²) in [7, 11) is 0. The number of hydrogen-bond acceptors (Lipinski definition) is 4. The molecule has 1 aromatic rings. The molecule has 5 atom stereocenters. The third-order valence-electron chi connectivity index (χ3n) is 8.70. The zero-order valence-electron chi connectivity index (χ0n) is 20.6. The number of likely N-dealkylation sites (tertiary alicyclic amines) is 1. The summed E-state index contributed by atoms with van der Waals surface area (Å²) < 4.78 is 42.6. The highest BCUT2D eigenvalue weighted by Gasteiger charge is 2.77. The van der Waals surface area contributed by atoms with Gasteiger partial charge in [0.15, 0.2) is 5.54 Å². The number of halogens is 5. The molecular weight excluding hydrogens is 530 g/mol. The van der Waals surface area contributed by atoms with Gasteiger partial charge in [0.05, 0.1) is 12.5 Å². The standard InChI is InChI=1S/C25H34F3N5O2.2ClH/c26-25(27,28)19(16-5-2-1-3-6-16)20(29)22(34)33(12-4-7-18-13-24(18,33)23(32)35)14-15-8-10-17(11-9-15)21(30)31;;/h8-11,16,18-20H,1-7,12-14,29H2,(H4-,30,31,32,35);2*1H/p+1/t18-,19+,20-,24+,33?;;/m1../s1. The molecule has 0 spiro atoms. The van der Waals surface area contributed by atoms with E-state index in [-0.39, 0.29) is 49.7 Å². The summed E-state index contributed by atoms with van der Waals surface area (Å²) in [6.07, 6.45) is 0.108. The molecule has 4 rings (SSSR count). The predicted octanol–water partition coefficient (Wildman–Crippen LogP) is 3.78. The highest BCUT2D eigenvalue weighted by Crippen LogP contribution is 2.59. The van der Waals surface area contributed by atoms with Crippen molar-refractivity contribution in [2.24, 2.45) is 35.0 Å². The first-order chi connectivity index (χ1) is 16.4. The number of fused-ring (bicyclic) bond motifs is 1. The zero-order valence-corrected chi connectivity index (χ0v) is 22.3. The lowest BCUT2D eigenvalue weighted by molar-refractivity contribution is -0.900. The normalized spacial score (nSPS) is 29.0. The van der Waals surface area contributed by atoms with Crippen LogP contribution in [0.25, 0.3) is 0 Å². The molecule has 1 heterocycles. The fourth-order valence-electron chi connectivity index (χ4n) is 6.90. The van der Waals surface area contributed by atoms with Crippen molar-refractivity contribution in [2.45, 2.75) is 75.7 Å². The minimum atomic E-state index is -4.62. The van der Waals surface area contributed by atoms with Gasteiger partial charge in [0, 0.05) is 23.5 Å². The molecule has 7 N–H and O–H groups in total. The molecule has 208 valence electrons. The second kappa shape index (κ2) is 11.5. The van der Waals surface area contributed by atoms with Crippen molar-refractivity contribution in [3.63, 3.8) is 0 Å². The van der Waals surface area contributed by atoms with Crippen LogP contribution in [0, 0.1) is 23.2 Å². The highest BCUT2D eigenvalue weighted by molar-refractivity contribution is 5.95. The van der Waals surface area contributed by atoms with Crippen LogP contribution < -0.4 is 17.2 Å². The molecule has 1 aliphatic heterocycles. The molecule has 2 aliphatic carbocycles. The number of hydrogen-bond donors (Lipinski definition) is 4. The van der Waals surface area contributed by atoms with E-state index < -0.39 is 45.9 Å². The number of quaternary nitrogens is 1. The van der Waals surface area contributed by atoms with Crippen LogP contribution in [0.2, 0.25) is 0 Å². The van der Waals surface area contributed by atoms with E-state index in [1.165, 1.54) is 0 Å². The summed E-state index contributed by atoms with van der Waals surface area (Å²) in [5.74, 6) is -4.30. The third-order valence-corrected chi connectivity index (χ3v) is 8.70. The Morgan fingerprint density at radius 1 is 1.03 bits per heavy atom. The van der Waals surface area contributed by atoms with Gasteiger partial charge < -0.3 is 17.2 Å². The van der Waals surface area contributed by atoms with Crippen LogP contribution in [-0.2, 0) is 16.1 Å². The van der Waals surface area contributed by atoms with Crippen LogP contribution in [0.3, 0.4) is 0 Å². The number of primary amides is 1. The Hall–Kier alpha value is -1.88. The lowest BCUT2D eigenvalue weighted by atomic mass is 9.75. The lowest BCUT2D eigenvalue weighted by Crippen LogP contribution is -2.72. The third kappa shape index (κ3) is 5.48. The van der Waals surface area contributed by atoms with Crippen molar-refractivity contribution in [2.75, 3.05) is 6.54 Å². The molecule has 0 radical (unpaired) electrons. The van der Waals surface area contributed by atoms with Crippen molar-refractivity contribution in [1.29, 1.82) is 5.41 Å². The van der Waals surface area contributed by atoms with E-state index in [1.807, 2.05) is 0 Å². The summed E-state index contributed by atoms with van der Waals surface area (Å²) in [6, 6.07) is 4.87. The average Bonchev–Trinajstić information content (AvgIpc) is 3.56. The summed E-state index contributed by atoms with van der Waals surface area (Å²) >= 11 is 0. The second-order valence-electron chi connectivity index (χ2n) is 10.6. The van der Waals surface area contributed by atoms with Crippen LogP contribution in [0.1, 0.15) is 62.5 Å². The van der Waals surface area contributed by atoms with E-state index in [4.69, 9.17) is 22.6 Å². The Morgan fingerprint density at radius 3 is 2.14 bits per heavy atom.